The first-order valence-electron chi connectivity index (χ1n) is 21.2. The molecule has 1 unspecified atom stereocenters. The molecule has 0 amide bonds. The van der Waals surface area contributed by atoms with Crippen molar-refractivity contribution in [2.45, 2.75) is 240 Å². The number of unbranched alkanes of at least 4 members (excludes halogenated alkanes) is 30. The second-order valence-corrected chi connectivity index (χ2v) is 18.0. The topological polar surface area (TPSA) is 57.2 Å². The fourth-order valence-electron chi connectivity index (χ4n) is 5.99. The van der Waals surface area contributed by atoms with Gasteiger partial charge in [0.1, 0.15) is 0 Å². The van der Waals surface area contributed by atoms with Crippen LogP contribution in [0.25, 0.3) is 0 Å². The van der Waals surface area contributed by atoms with E-state index in [1.807, 2.05) is 0 Å². The first-order chi connectivity index (χ1) is 23.4. The van der Waals surface area contributed by atoms with Crippen LogP contribution in [0.4, 0.5) is 0 Å². The van der Waals surface area contributed by atoms with Gasteiger partial charge < -0.3 is 18.5 Å². The minimum atomic E-state index is -2.00. The molecule has 1 N–H and O–H groups in total. The van der Waals surface area contributed by atoms with E-state index in [2.05, 4.69) is 34.6 Å². The number of hydrogen-bond acceptors (Lipinski definition) is 5. The van der Waals surface area contributed by atoms with Crippen LogP contribution in [0, 0.1) is 5.41 Å². The molecule has 1 atom stereocenters. The molecule has 0 saturated carbocycles. The van der Waals surface area contributed by atoms with E-state index < -0.39 is 17.2 Å². The zero-order valence-electron chi connectivity index (χ0n) is 33.2. The average molecular weight is 721 g/mol. The summed E-state index contributed by atoms with van der Waals surface area (Å²) in [6.45, 7) is 12.5. The lowest BCUT2D eigenvalue weighted by molar-refractivity contribution is 0.154. The quantitative estimate of drug-likeness (QED) is 0.0504. The first-order valence-corrected chi connectivity index (χ1v) is 23.5. The molecule has 0 aliphatic rings. The molecular formula is C41H86O5P2. The molecule has 0 spiro atoms. The minimum absolute atomic E-state index is 0.0295. The van der Waals surface area contributed by atoms with Crippen LogP contribution in [0.3, 0.4) is 0 Å². The lowest BCUT2D eigenvalue weighted by Gasteiger charge is -2.22. The molecule has 0 rings (SSSR count). The van der Waals surface area contributed by atoms with Gasteiger partial charge in [-0.1, -0.05) is 227 Å². The van der Waals surface area contributed by atoms with Gasteiger partial charge in [0, 0.05) is 0 Å². The molecule has 0 saturated heterocycles. The summed E-state index contributed by atoms with van der Waals surface area (Å²) in [5.74, 6) is 0. The van der Waals surface area contributed by atoms with E-state index in [9.17, 15) is 4.89 Å². The maximum absolute atomic E-state index is 10.3. The van der Waals surface area contributed by atoms with E-state index in [-0.39, 0.29) is 5.41 Å². The van der Waals surface area contributed by atoms with Crippen LogP contribution < -0.4 is 0 Å². The molecule has 0 heterocycles. The largest absolute Gasteiger partial charge is 0.339 e. The van der Waals surface area contributed by atoms with Crippen LogP contribution >= 0.6 is 17.2 Å². The Labute approximate surface area is 304 Å². The van der Waals surface area contributed by atoms with Crippen molar-refractivity contribution < 1.29 is 22.8 Å². The molecule has 0 aliphatic heterocycles. The van der Waals surface area contributed by atoms with Gasteiger partial charge in [-0.2, -0.15) is 0 Å². The summed E-state index contributed by atoms with van der Waals surface area (Å²) < 4.78 is 23.3. The van der Waals surface area contributed by atoms with Gasteiger partial charge >= 0.3 is 17.2 Å². The van der Waals surface area contributed by atoms with Crippen molar-refractivity contribution in [3.63, 3.8) is 0 Å². The van der Waals surface area contributed by atoms with Gasteiger partial charge in [0.05, 0.1) is 19.8 Å². The zero-order chi connectivity index (χ0) is 35.2. The van der Waals surface area contributed by atoms with Crippen LogP contribution in [0.2, 0.25) is 0 Å². The van der Waals surface area contributed by atoms with Crippen LogP contribution in [-0.4, -0.2) is 24.7 Å². The Hall–Kier alpha value is 0.660. The third-order valence-electron chi connectivity index (χ3n) is 9.13. The maximum atomic E-state index is 10.3. The summed E-state index contributed by atoms with van der Waals surface area (Å²) in [6.07, 6.45) is 43.4. The van der Waals surface area contributed by atoms with Crippen LogP contribution in [0.5, 0.6) is 0 Å². The predicted molar refractivity (Wildman–Crippen MR) is 214 cm³/mol. The molecule has 7 heteroatoms. The molecule has 0 aromatic heterocycles. The van der Waals surface area contributed by atoms with E-state index in [1.165, 1.54) is 193 Å². The van der Waals surface area contributed by atoms with Crippen LogP contribution in [0.15, 0.2) is 0 Å². The van der Waals surface area contributed by atoms with Crippen molar-refractivity contribution in [1.82, 2.24) is 0 Å². The van der Waals surface area contributed by atoms with E-state index >= 15 is 0 Å². The second-order valence-electron chi connectivity index (χ2n) is 15.7. The third kappa shape index (κ3) is 41.1. The van der Waals surface area contributed by atoms with Gasteiger partial charge in [0.2, 0.25) is 0 Å². The van der Waals surface area contributed by atoms with Gasteiger partial charge in [0.25, 0.3) is 0 Å². The first kappa shape index (κ1) is 48.7. The average Bonchev–Trinajstić information content (AvgIpc) is 3.06. The second kappa shape index (κ2) is 38.9. The SMILES string of the molecule is CCCCCCCCCCCCCCCCCCOP(OCCCCCCCCCCCCCCCCCC)OP(O)OCC(C)(C)C. The molecule has 0 aromatic carbocycles. The van der Waals surface area contributed by atoms with E-state index in [0.717, 1.165) is 12.8 Å². The standard InChI is InChI=1S/C41H86O5P2/c1-6-8-10-12-14-16-18-20-22-24-26-28-30-32-34-36-38-43-48(46-47(42)45-40-41(3,4)5)44-39-37-35-33-31-29-27-25-23-21-19-17-15-13-11-9-7-2/h42H,6-40H2,1-5H3. The molecule has 0 fully saturated rings. The Morgan fingerprint density at radius 2 is 0.625 bits per heavy atom. The van der Waals surface area contributed by atoms with Crippen molar-refractivity contribution in [3.05, 3.63) is 0 Å². The van der Waals surface area contributed by atoms with Crippen molar-refractivity contribution in [3.8, 4) is 0 Å². The predicted octanol–water partition coefficient (Wildman–Crippen LogP) is 16.1. The summed E-state index contributed by atoms with van der Waals surface area (Å²) in [5.41, 5.74) is -0.0295. The van der Waals surface area contributed by atoms with Gasteiger partial charge in [-0.25, -0.2) is 4.31 Å². The number of rotatable bonds is 40. The zero-order valence-corrected chi connectivity index (χ0v) is 35.0. The highest BCUT2D eigenvalue weighted by molar-refractivity contribution is 7.55. The van der Waals surface area contributed by atoms with Crippen molar-refractivity contribution in [2.24, 2.45) is 5.41 Å². The molecule has 0 aromatic rings. The fraction of sp³-hybridized carbons (Fsp3) is 1.00. The molecular weight excluding hydrogens is 634 g/mol. The number of hydrogen-bond donors (Lipinski definition) is 1. The fourth-order valence-corrected chi connectivity index (χ4v) is 8.14. The van der Waals surface area contributed by atoms with Crippen molar-refractivity contribution >= 4 is 17.2 Å². The summed E-state index contributed by atoms with van der Waals surface area (Å²) in [6, 6.07) is 0. The van der Waals surface area contributed by atoms with E-state index in [0.29, 0.717) is 19.8 Å². The molecule has 290 valence electrons. The van der Waals surface area contributed by atoms with Crippen LogP contribution in [-0.2, 0) is 17.9 Å². The van der Waals surface area contributed by atoms with Gasteiger partial charge in [-0.3, -0.25) is 0 Å². The van der Waals surface area contributed by atoms with E-state index in [4.69, 9.17) is 17.9 Å². The minimum Gasteiger partial charge on any atom is -0.328 e. The summed E-state index contributed by atoms with van der Waals surface area (Å²) in [5, 5.41) is 0. The molecule has 48 heavy (non-hydrogen) atoms. The lowest BCUT2D eigenvalue weighted by Crippen LogP contribution is -2.12. The Bertz CT molecular complexity index is 566. The lowest BCUT2D eigenvalue weighted by atomic mass is 9.99. The smallest absolute Gasteiger partial charge is 0.328 e. The van der Waals surface area contributed by atoms with Crippen molar-refractivity contribution in [2.75, 3.05) is 19.8 Å². The molecule has 5 nitrogen and oxygen atoms in total. The van der Waals surface area contributed by atoms with E-state index in [1.54, 1.807) is 0 Å². The monoisotopic (exact) mass is 721 g/mol. The van der Waals surface area contributed by atoms with Crippen LogP contribution in [0.1, 0.15) is 240 Å². The Balaban J connectivity index is 3.85. The summed E-state index contributed by atoms with van der Waals surface area (Å²) >= 11 is 0. The Morgan fingerprint density at radius 3 is 0.875 bits per heavy atom. The van der Waals surface area contributed by atoms with Crippen molar-refractivity contribution in [1.29, 1.82) is 0 Å². The highest BCUT2D eigenvalue weighted by atomic mass is 31.2. The molecule has 0 bridgehead atoms. The summed E-state index contributed by atoms with van der Waals surface area (Å²) in [4.78, 5) is 10.3. The summed E-state index contributed by atoms with van der Waals surface area (Å²) in [7, 11) is -3.58. The molecule has 0 radical (unpaired) electrons. The highest BCUT2D eigenvalue weighted by Crippen LogP contribution is 2.53. The molecule has 0 aliphatic carbocycles. The maximum Gasteiger partial charge on any atom is 0.339 e. The highest BCUT2D eigenvalue weighted by Gasteiger charge is 2.22. The van der Waals surface area contributed by atoms with Gasteiger partial charge in [-0.05, 0) is 18.3 Å². The van der Waals surface area contributed by atoms with Gasteiger partial charge in [-0.15, -0.1) is 0 Å². The van der Waals surface area contributed by atoms with Gasteiger partial charge in [0.15, 0.2) is 0 Å². The third-order valence-corrected chi connectivity index (χ3v) is 11.4. The normalized spacial score (nSPS) is 12.8. The Kier molecular flexibility index (Phi) is 39.4. The Morgan fingerprint density at radius 1 is 0.375 bits per heavy atom.